The van der Waals surface area contributed by atoms with E-state index in [1.165, 1.54) is 0 Å². The van der Waals surface area contributed by atoms with E-state index in [1.54, 1.807) is 0 Å². The highest BCUT2D eigenvalue weighted by Crippen LogP contribution is 2.10. The van der Waals surface area contributed by atoms with Gasteiger partial charge in [0.05, 0.1) is 26.2 Å². The van der Waals surface area contributed by atoms with Crippen LogP contribution in [0.2, 0.25) is 0 Å². The molecule has 0 radical (unpaired) electrons. The molecule has 0 aromatic carbocycles. The second kappa shape index (κ2) is 8.25. The van der Waals surface area contributed by atoms with Gasteiger partial charge in [0, 0.05) is 12.5 Å². The lowest BCUT2D eigenvalue weighted by Gasteiger charge is -2.08. The molecule has 1 heterocycles. The standard InChI is InChI=1S/C12H16O7/c1-2-10(13)17-8-7-16-5-4-11(14)19-9-3-6-18-12(9)15/h2,9H,1,3-8H2. The van der Waals surface area contributed by atoms with Crippen molar-refractivity contribution in [1.29, 1.82) is 0 Å². The average Bonchev–Trinajstić information content (AvgIpc) is 2.79. The predicted molar refractivity (Wildman–Crippen MR) is 62.0 cm³/mol. The average molecular weight is 272 g/mol. The minimum absolute atomic E-state index is 0.0270. The highest BCUT2D eigenvalue weighted by Gasteiger charge is 2.29. The predicted octanol–water partition coefficient (Wildman–Crippen LogP) is -0.0190. The molecule has 0 amide bonds. The topological polar surface area (TPSA) is 88.1 Å². The zero-order valence-electron chi connectivity index (χ0n) is 10.5. The third-order valence-corrected chi connectivity index (χ3v) is 2.25. The SMILES string of the molecule is C=CC(=O)OCCOCCC(=O)OC1CCOC1=O. The fourth-order valence-electron chi connectivity index (χ4n) is 1.32. The minimum atomic E-state index is -0.791. The van der Waals surface area contributed by atoms with Gasteiger partial charge in [0.2, 0.25) is 6.10 Å². The van der Waals surface area contributed by atoms with Gasteiger partial charge in [-0.3, -0.25) is 4.79 Å². The Hall–Kier alpha value is -1.89. The molecule has 1 fully saturated rings. The molecule has 1 rings (SSSR count). The second-order valence-corrected chi connectivity index (χ2v) is 3.67. The largest absolute Gasteiger partial charge is 0.463 e. The molecule has 0 spiro atoms. The first-order chi connectivity index (χ1) is 9.13. The first kappa shape index (κ1) is 15.2. The number of hydrogen-bond acceptors (Lipinski definition) is 7. The summed E-state index contributed by atoms with van der Waals surface area (Å²) in [4.78, 5) is 33.0. The van der Waals surface area contributed by atoms with Crippen LogP contribution in [0.5, 0.6) is 0 Å². The molecule has 1 atom stereocenters. The molecule has 0 aliphatic carbocycles. The maximum atomic E-state index is 11.3. The maximum absolute atomic E-state index is 11.3. The van der Waals surface area contributed by atoms with Crippen molar-refractivity contribution in [1.82, 2.24) is 0 Å². The number of carbonyl (C=O) groups is 3. The summed E-state index contributed by atoms with van der Waals surface area (Å²) in [7, 11) is 0. The third-order valence-electron chi connectivity index (χ3n) is 2.25. The van der Waals surface area contributed by atoms with Crippen molar-refractivity contribution in [2.45, 2.75) is 18.9 Å². The van der Waals surface area contributed by atoms with E-state index >= 15 is 0 Å². The molecule has 106 valence electrons. The van der Waals surface area contributed by atoms with Crippen molar-refractivity contribution < 1.29 is 33.3 Å². The van der Waals surface area contributed by atoms with Gasteiger partial charge in [-0.15, -0.1) is 0 Å². The molecule has 0 aromatic heterocycles. The molecule has 7 nitrogen and oxygen atoms in total. The Balaban J connectivity index is 2.00. The Bertz CT molecular complexity index is 350. The summed E-state index contributed by atoms with van der Waals surface area (Å²) < 4.78 is 19.3. The van der Waals surface area contributed by atoms with Gasteiger partial charge in [-0.2, -0.15) is 0 Å². The van der Waals surface area contributed by atoms with E-state index in [-0.39, 0.29) is 32.8 Å². The zero-order chi connectivity index (χ0) is 14.1. The summed E-state index contributed by atoms with van der Waals surface area (Å²) >= 11 is 0. The van der Waals surface area contributed by atoms with Crippen LogP contribution in [0.25, 0.3) is 0 Å². The van der Waals surface area contributed by atoms with Crippen LogP contribution in [0.4, 0.5) is 0 Å². The van der Waals surface area contributed by atoms with Gasteiger partial charge in [0.1, 0.15) is 6.61 Å². The fraction of sp³-hybridized carbons (Fsp3) is 0.583. The van der Waals surface area contributed by atoms with Gasteiger partial charge in [0.15, 0.2) is 0 Å². The van der Waals surface area contributed by atoms with Crippen molar-refractivity contribution >= 4 is 17.9 Å². The van der Waals surface area contributed by atoms with Crippen LogP contribution in [0.15, 0.2) is 12.7 Å². The van der Waals surface area contributed by atoms with Gasteiger partial charge in [-0.1, -0.05) is 6.58 Å². The summed E-state index contributed by atoms with van der Waals surface area (Å²) in [6.07, 6.45) is 0.682. The summed E-state index contributed by atoms with van der Waals surface area (Å²) in [5.41, 5.74) is 0. The second-order valence-electron chi connectivity index (χ2n) is 3.67. The molecule has 1 aliphatic heterocycles. The van der Waals surface area contributed by atoms with Gasteiger partial charge in [-0.25, -0.2) is 9.59 Å². The molecular formula is C12H16O7. The number of esters is 3. The quantitative estimate of drug-likeness (QED) is 0.265. The first-order valence-electron chi connectivity index (χ1n) is 5.86. The third kappa shape index (κ3) is 6.01. The van der Waals surface area contributed by atoms with Gasteiger partial charge < -0.3 is 18.9 Å². The number of cyclic esters (lactones) is 1. The monoisotopic (exact) mass is 272 g/mol. The molecule has 1 unspecified atom stereocenters. The summed E-state index contributed by atoms with van der Waals surface area (Å²) in [5, 5.41) is 0. The van der Waals surface area contributed by atoms with Crippen LogP contribution in [0.3, 0.4) is 0 Å². The Labute approximate surface area is 110 Å². The van der Waals surface area contributed by atoms with Gasteiger partial charge in [0.25, 0.3) is 0 Å². The Morgan fingerprint density at radius 2 is 2.16 bits per heavy atom. The molecule has 1 aliphatic rings. The fourth-order valence-corrected chi connectivity index (χ4v) is 1.32. The molecule has 0 aromatic rings. The van der Waals surface area contributed by atoms with E-state index in [9.17, 15) is 14.4 Å². The Morgan fingerprint density at radius 3 is 2.79 bits per heavy atom. The smallest absolute Gasteiger partial charge is 0.347 e. The van der Waals surface area contributed by atoms with Crippen molar-refractivity contribution in [2.24, 2.45) is 0 Å². The van der Waals surface area contributed by atoms with E-state index in [0.717, 1.165) is 6.08 Å². The van der Waals surface area contributed by atoms with Gasteiger partial charge >= 0.3 is 17.9 Å². The molecule has 0 bridgehead atoms. The lowest BCUT2D eigenvalue weighted by atomic mass is 10.3. The van der Waals surface area contributed by atoms with Crippen molar-refractivity contribution in [3.63, 3.8) is 0 Å². The molecule has 0 saturated carbocycles. The molecule has 0 N–H and O–H groups in total. The number of ether oxygens (including phenoxy) is 4. The molecule has 19 heavy (non-hydrogen) atoms. The molecule has 1 saturated heterocycles. The van der Waals surface area contributed by atoms with Crippen LogP contribution in [-0.4, -0.2) is 50.4 Å². The maximum Gasteiger partial charge on any atom is 0.347 e. The van der Waals surface area contributed by atoms with Gasteiger partial charge in [-0.05, 0) is 0 Å². The van der Waals surface area contributed by atoms with Crippen LogP contribution in [-0.2, 0) is 33.3 Å². The van der Waals surface area contributed by atoms with Crippen molar-refractivity contribution in [2.75, 3.05) is 26.4 Å². The minimum Gasteiger partial charge on any atom is -0.463 e. The van der Waals surface area contributed by atoms with Crippen molar-refractivity contribution in [3.8, 4) is 0 Å². The number of carbonyl (C=O) groups excluding carboxylic acids is 3. The lowest BCUT2D eigenvalue weighted by Crippen LogP contribution is -2.23. The lowest BCUT2D eigenvalue weighted by molar-refractivity contribution is -0.161. The zero-order valence-corrected chi connectivity index (χ0v) is 10.5. The summed E-state index contributed by atoms with van der Waals surface area (Å²) in [6.45, 7) is 3.92. The first-order valence-corrected chi connectivity index (χ1v) is 5.86. The van der Waals surface area contributed by atoms with E-state index < -0.39 is 24.0 Å². The van der Waals surface area contributed by atoms with E-state index in [1.807, 2.05) is 0 Å². The number of hydrogen-bond donors (Lipinski definition) is 0. The van der Waals surface area contributed by atoms with Crippen molar-refractivity contribution in [3.05, 3.63) is 12.7 Å². The van der Waals surface area contributed by atoms with Crippen LogP contribution >= 0.6 is 0 Å². The Morgan fingerprint density at radius 1 is 1.37 bits per heavy atom. The van der Waals surface area contributed by atoms with E-state index in [0.29, 0.717) is 6.42 Å². The van der Waals surface area contributed by atoms with E-state index in [2.05, 4.69) is 16.1 Å². The number of rotatable bonds is 8. The van der Waals surface area contributed by atoms with E-state index in [4.69, 9.17) is 9.47 Å². The summed E-state index contributed by atoms with van der Waals surface area (Å²) in [5.74, 6) is -1.56. The highest BCUT2D eigenvalue weighted by molar-refractivity contribution is 5.81. The molecular weight excluding hydrogens is 256 g/mol. The van der Waals surface area contributed by atoms with Crippen LogP contribution in [0.1, 0.15) is 12.8 Å². The summed E-state index contributed by atoms with van der Waals surface area (Å²) in [6, 6.07) is 0. The Kier molecular flexibility index (Phi) is 6.59. The highest BCUT2D eigenvalue weighted by atomic mass is 16.6. The van der Waals surface area contributed by atoms with Crippen LogP contribution in [0, 0.1) is 0 Å². The molecule has 7 heteroatoms. The van der Waals surface area contributed by atoms with Crippen LogP contribution < -0.4 is 0 Å². The normalized spacial score (nSPS) is 17.7.